The molecule has 0 spiro atoms. The van der Waals surface area contributed by atoms with E-state index >= 15 is 0 Å². The van der Waals surface area contributed by atoms with Crippen molar-refractivity contribution in [1.29, 1.82) is 0 Å². The van der Waals surface area contributed by atoms with Gasteiger partial charge in [0, 0.05) is 0 Å². The maximum absolute atomic E-state index is 11.9. The van der Waals surface area contributed by atoms with E-state index in [1.54, 1.807) is 0 Å². The molecule has 1 aromatic rings. The number of hydrogen-bond donors (Lipinski definition) is 0. The molecule has 0 aromatic heterocycles. The molecule has 0 saturated heterocycles. The molecule has 0 saturated carbocycles. The third-order valence-corrected chi connectivity index (χ3v) is 3.69. The minimum atomic E-state index is -0.0308. The second kappa shape index (κ2) is 5.35. The van der Waals surface area contributed by atoms with Gasteiger partial charge in [-0.2, -0.15) is 0 Å². The number of rotatable bonds is 4. The predicted molar refractivity (Wildman–Crippen MR) is 67.9 cm³/mol. The van der Waals surface area contributed by atoms with E-state index in [4.69, 9.17) is 4.74 Å². The van der Waals surface area contributed by atoms with Gasteiger partial charge in [-0.25, -0.2) is 0 Å². The maximum atomic E-state index is 11.9. The Hall–Kier alpha value is -1.31. The van der Waals surface area contributed by atoms with Gasteiger partial charge in [0.2, 0.25) is 0 Å². The highest BCUT2D eigenvalue weighted by Crippen LogP contribution is 2.39. The van der Waals surface area contributed by atoms with E-state index in [9.17, 15) is 4.79 Å². The first-order valence-electron chi connectivity index (χ1n) is 6.52. The molecule has 2 heteroatoms. The van der Waals surface area contributed by atoms with Crippen LogP contribution in [0.3, 0.4) is 0 Å². The number of hydrogen-bond acceptors (Lipinski definition) is 2. The highest BCUT2D eigenvalue weighted by atomic mass is 16.5. The Morgan fingerprint density at radius 2 is 2.18 bits per heavy atom. The second-order valence-corrected chi connectivity index (χ2v) is 4.61. The Balaban J connectivity index is 2.20. The molecule has 2 nitrogen and oxygen atoms in total. The molecular weight excluding hydrogens is 212 g/mol. The first-order valence-corrected chi connectivity index (χ1v) is 6.52. The van der Waals surface area contributed by atoms with Crippen LogP contribution in [0.2, 0.25) is 0 Å². The monoisotopic (exact) mass is 232 g/mol. The van der Waals surface area contributed by atoms with Crippen LogP contribution in [0.15, 0.2) is 24.3 Å². The third kappa shape index (κ3) is 2.36. The zero-order valence-electron chi connectivity index (χ0n) is 10.6. The topological polar surface area (TPSA) is 26.3 Å². The fourth-order valence-electron chi connectivity index (χ4n) is 2.87. The SMILES string of the molecule is CCOC(=O)C(CC)C1CCc2ccccc21. The van der Waals surface area contributed by atoms with Crippen LogP contribution in [0, 0.1) is 5.92 Å². The summed E-state index contributed by atoms with van der Waals surface area (Å²) in [5.74, 6) is 0.352. The molecule has 0 bridgehead atoms. The smallest absolute Gasteiger partial charge is 0.309 e. The van der Waals surface area contributed by atoms with Gasteiger partial charge in [0.25, 0.3) is 0 Å². The molecule has 2 rings (SSSR count). The standard InChI is InChI=1S/C15H20O2/c1-3-12(15(16)17-4-2)14-10-9-11-7-5-6-8-13(11)14/h5-8,12,14H,3-4,9-10H2,1-2H3. The lowest BCUT2D eigenvalue weighted by molar-refractivity contribution is -0.149. The first kappa shape index (κ1) is 12.2. The molecule has 92 valence electrons. The molecule has 0 amide bonds. The fraction of sp³-hybridized carbons (Fsp3) is 0.533. The van der Waals surface area contributed by atoms with E-state index in [-0.39, 0.29) is 11.9 Å². The average molecular weight is 232 g/mol. The molecule has 0 radical (unpaired) electrons. The number of carbonyl (C=O) groups excluding carboxylic acids is 1. The van der Waals surface area contributed by atoms with Gasteiger partial charge in [-0.1, -0.05) is 31.2 Å². The van der Waals surface area contributed by atoms with E-state index in [1.165, 1.54) is 11.1 Å². The van der Waals surface area contributed by atoms with E-state index in [0.29, 0.717) is 12.5 Å². The van der Waals surface area contributed by atoms with E-state index in [1.807, 2.05) is 6.92 Å². The lowest BCUT2D eigenvalue weighted by Crippen LogP contribution is -2.23. The minimum Gasteiger partial charge on any atom is -0.466 e. The summed E-state index contributed by atoms with van der Waals surface area (Å²) in [5, 5.41) is 0. The van der Waals surface area contributed by atoms with Crippen molar-refractivity contribution in [3.05, 3.63) is 35.4 Å². The van der Waals surface area contributed by atoms with Crippen molar-refractivity contribution in [3.63, 3.8) is 0 Å². The Morgan fingerprint density at radius 3 is 2.88 bits per heavy atom. The van der Waals surface area contributed by atoms with Crippen LogP contribution >= 0.6 is 0 Å². The predicted octanol–water partition coefficient (Wildman–Crippen LogP) is 3.31. The number of benzene rings is 1. The molecule has 0 fully saturated rings. The molecule has 1 aliphatic carbocycles. The number of carbonyl (C=O) groups is 1. The van der Waals surface area contributed by atoms with E-state index < -0.39 is 0 Å². The van der Waals surface area contributed by atoms with Crippen molar-refractivity contribution >= 4 is 5.97 Å². The van der Waals surface area contributed by atoms with Gasteiger partial charge in [-0.05, 0) is 43.2 Å². The van der Waals surface area contributed by atoms with E-state index in [2.05, 4.69) is 31.2 Å². The molecule has 1 aromatic carbocycles. The second-order valence-electron chi connectivity index (χ2n) is 4.61. The molecule has 2 atom stereocenters. The number of fused-ring (bicyclic) bond motifs is 1. The van der Waals surface area contributed by atoms with Gasteiger partial charge in [0.15, 0.2) is 0 Å². The van der Waals surface area contributed by atoms with Crippen molar-refractivity contribution in [1.82, 2.24) is 0 Å². The Kier molecular flexibility index (Phi) is 3.82. The van der Waals surface area contributed by atoms with Crippen molar-refractivity contribution in [3.8, 4) is 0 Å². The van der Waals surface area contributed by atoms with Gasteiger partial charge in [0.1, 0.15) is 0 Å². The van der Waals surface area contributed by atoms with Gasteiger partial charge in [-0.3, -0.25) is 4.79 Å². The fourth-order valence-corrected chi connectivity index (χ4v) is 2.87. The molecule has 1 aliphatic rings. The number of aryl methyl sites for hydroxylation is 1. The van der Waals surface area contributed by atoms with Crippen molar-refractivity contribution in [2.75, 3.05) is 6.61 Å². The van der Waals surface area contributed by atoms with Crippen LogP contribution in [0.4, 0.5) is 0 Å². The summed E-state index contributed by atoms with van der Waals surface area (Å²) < 4.78 is 5.18. The summed E-state index contributed by atoms with van der Waals surface area (Å²) in [6, 6.07) is 8.48. The zero-order chi connectivity index (χ0) is 12.3. The van der Waals surface area contributed by atoms with Crippen LogP contribution in [-0.4, -0.2) is 12.6 Å². The highest BCUT2D eigenvalue weighted by molar-refractivity contribution is 5.74. The summed E-state index contributed by atoms with van der Waals surface area (Å²) in [6.07, 6.45) is 3.03. The molecule has 17 heavy (non-hydrogen) atoms. The van der Waals surface area contributed by atoms with Gasteiger partial charge in [-0.15, -0.1) is 0 Å². The van der Waals surface area contributed by atoms with E-state index in [0.717, 1.165) is 19.3 Å². The average Bonchev–Trinajstić information content (AvgIpc) is 2.75. The minimum absolute atomic E-state index is 0.0265. The Morgan fingerprint density at radius 1 is 1.41 bits per heavy atom. The van der Waals surface area contributed by atoms with Gasteiger partial charge < -0.3 is 4.74 Å². The first-order chi connectivity index (χ1) is 8.27. The lowest BCUT2D eigenvalue weighted by Gasteiger charge is -2.21. The largest absolute Gasteiger partial charge is 0.466 e. The van der Waals surface area contributed by atoms with Gasteiger partial charge in [0.05, 0.1) is 12.5 Å². The van der Waals surface area contributed by atoms with Crippen LogP contribution in [-0.2, 0) is 16.0 Å². The highest BCUT2D eigenvalue weighted by Gasteiger charge is 2.33. The van der Waals surface area contributed by atoms with Crippen molar-refractivity contribution < 1.29 is 9.53 Å². The lowest BCUT2D eigenvalue weighted by atomic mass is 9.85. The Labute approximate surface area is 103 Å². The summed E-state index contributed by atoms with van der Waals surface area (Å²) in [5.41, 5.74) is 2.76. The van der Waals surface area contributed by atoms with Crippen molar-refractivity contribution in [2.24, 2.45) is 5.92 Å². The van der Waals surface area contributed by atoms with Gasteiger partial charge >= 0.3 is 5.97 Å². The summed E-state index contributed by atoms with van der Waals surface area (Å²) in [4.78, 5) is 11.9. The Bertz CT molecular complexity index is 398. The molecule has 0 N–H and O–H groups in total. The van der Waals surface area contributed by atoms with Crippen molar-refractivity contribution in [2.45, 2.75) is 39.0 Å². The number of esters is 1. The summed E-state index contributed by atoms with van der Waals surface area (Å²) in [6.45, 7) is 4.42. The van der Waals surface area contributed by atoms with Crippen LogP contribution < -0.4 is 0 Å². The zero-order valence-corrected chi connectivity index (χ0v) is 10.6. The van der Waals surface area contributed by atoms with Crippen LogP contribution in [0.25, 0.3) is 0 Å². The molecule has 0 aliphatic heterocycles. The molecular formula is C15H20O2. The normalized spacial score (nSPS) is 19.8. The van der Waals surface area contributed by atoms with Crippen LogP contribution in [0.5, 0.6) is 0 Å². The third-order valence-electron chi connectivity index (χ3n) is 3.69. The summed E-state index contributed by atoms with van der Waals surface area (Å²) in [7, 11) is 0. The molecule has 0 heterocycles. The molecule has 2 unspecified atom stereocenters. The number of ether oxygens (including phenoxy) is 1. The summed E-state index contributed by atoms with van der Waals surface area (Å²) >= 11 is 0. The quantitative estimate of drug-likeness (QED) is 0.744. The van der Waals surface area contributed by atoms with Crippen LogP contribution in [0.1, 0.15) is 43.7 Å². The maximum Gasteiger partial charge on any atom is 0.309 e.